The van der Waals surface area contributed by atoms with Crippen molar-refractivity contribution < 1.29 is 42.9 Å². The number of alkyl halides is 3. The summed E-state index contributed by atoms with van der Waals surface area (Å²) in [4.78, 5) is 49.6. The molecule has 1 aliphatic rings. The summed E-state index contributed by atoms with van der Waals surface area (Å²) in [6.07, 6.45) is -6.67. The molecule has 0 aromatic carbocycles. The van der Waals surface area contributed by atoms with Crippen molar-refractivity contribution >= 4 is 58.8 Å². The molecule has 1 N–H and O–H groups in total. The van der Waals surface area contributed by atoms with E-state index in [0.29, 0.717) is 0 Å². The van der Waals surface area contributed by atoms with Gasteiger partial charge in [0.15, 0.2) is 12.2 Å². The number of esters is 3. The van der Waals surface area contributed by atoms with Crippen LogP contribution in [0.1, 0.15) is 20.8 Å². The van der Waals surface area contributed by atoms with Crippen LogP contribution in [0, 0.1) is 0 Å². The van der Waals surface area contributed by atoms with Crippen LogP contribution in [-0.2, 0) is 38.1 Å². The van der Waals surface area contributed by atoms with Gasteiger partial charge in [0, 0.05) is 25.7 Å². The van der Waals surface area contributed by atoms with Crippen LogP contribution in [0.4, 0.5) is 4.79 Å². The molecule has 31 heavy (non-hydrogen) atoms. The van der Waals surface area contributed by atoms with E-state index in [9.17, 15) is 19.2 Å². The van der Waals surface area contributed by atoms with Gasteiger partial charge in [0.25, 0.3) is 0 Å². The molecule has 1 saturated heterocycles. The van der Waals surface area contributed by atoms with Gasteiger partial charge in [-0.3, -0.25) is 14.4 Å². The lowest BCUT2D eigenvalue weighted by atomic mass is 9.96. The number of alkyl carbamates (subject to hydrolysis) is 1. The first-order valence-electron chi connectivity index (χ1n) is 8.52. The zero-order valence-corrected chi connectivity index (χ0v) is 18.7. The third-order valence-electron chi connectivity index (χ3n) is 3.51. The lowest BCUT2D eigenvalue weighted by molar-refractivity contribution is -0.262. The fraction of sp³-hybridized carbons (Fsp3) is 0.733. The summed E-state index contributed by atoms with van der Waals surface area (Å²) in [6, 6.07) is -1.41. The Hall–Kier alpha value is -2.18. The Balaban J connectivity index is 3.29. The lowest BCUT2D eigenvalue weighted by Gasteiger charge is -2.44. The van der Waals surface area contributed by atoms with Gasteiger partial charge in [-0.15, -0.1) is 0 Å². The zero-order valence-electron chi connectivity index (χ0n) is 16.5. The minimum atomic E-state index is -1.91. The minimum absolute atomic E-state index is 0.381. The highest BCUT2D eigenvalue weighted by Crippen LogP contribution is 2.29. The number of carbonyl (C=O) groups excluding carboxylic acids is 4. The SMILES string of the molecule is CC(=O)O[C@@H]1O[C@H](CN=[N+]=[N-])[C@@H](OC(C)=O)[C@H](OC(C)=O)[C@H]1NC(=O)OCC(Cl)(Cl)Cl. The van der Waals surface area contributed by atoms with Crippen molar-refractivity contribution in [3.63, 3.8) is 0 Å². The quantitative estimate of drug-likeness (QED) is 0.135. The molecule has 0 bridgehead atoms. The van der Waals surface area contributed by atoms with Crippen molar-refractivity contribution in [2.24, 2.45) is 5.11 Å². The molecule has 0 spiro atoms. The molecular weight excluding hydrogens is 487 g/mol. The summed E-state index contributed by atoms with van der Waals surface area (Å²) in [5.41, 5.74) is 8.60. The molecule has 0 aromatic rings. The van der Waals surface area contributed by atoms with Crippen LogP contribution >= 0.6 is 34.8 Å². The summed E-state index contributed by atoms with van der Waals surface area (Å²) in [6.45, 7) is 2.17. The van der Waals surface area contributed by atoms with Gasteiger partial charge in [0.1, 0.15) is 18.8 Å². The molecule has 13 nitrogen and oxygen atoms in total. The van der Waals surface area contributed by atoms with E-state index in [0.717, 1.165) is 20.8 Å². The predicted octanol–water partition coefficient (Wildman–Crippen LogP) is 1.91. The van der Waals surface area contributed by atoms with Gasteiger partial charge in [-0.25, -0.2) is 4.79 Å². The number of halogens is 3. The number of nitrogens with zero attached hydrogens (tertiary/aromatic N) is 3. The maximum absolute atomic E-state index is 12.2. The van der Waals surface area contributed by atoms with E-state index in [2.05, 4.69) is 15.3 Å². The fourth-order valence-electron chi connectivity index (χ4n) is 2.58. The maximum Gasteiger partial charge on any atom is 0.407 e. The first kappa shape index (κ1) is 26.9. The van der Waals surface area contributed by atoms with E-state index >= 15 is 0 Å². The molecule has 0 saturated carbocycles. The Morgan fingerprint density at radius 3 is 2.06 bits per heavy atom. The molecule has 0 aromatic heterocycles. The van der Waals surface area contributed by atoms with Gasteiger partial charge < -0.3 is 29.0 Å². The minimum Gasteiger partial charge on any atom is -0.456 e. The van der Waals surface area contributed by atoms with Gasteiger partial charge in [0.2, 0.25) is 10.1 Å². The predicted molar refractivity (Wildman–Crippen MR) is 104 cm³/mol. The second-order valence-electron chi connectivity index (χ2n) is 6.08. The molecule has 174 valence electrons. The van der Waals surface area contributed by atoms with Gasteiger partial charge in [-0.1, -0.05) is 39.9 Å². The summed E-state index contributed by atoms with van der Waals surface area (Å²) >= 11 is 16.6. The van der Waals surface area contributed by atoms with Gasteiger partial charge >= 0.3 is 24.0 Å². The van der Waals surface area contributed by atoms with E-state index in [1.165, 1.54) is 0 Å². The van der Waals surface area contributed by atoms with Crippen LogP contribution in [0.25, 0.3) is 10.4 Å². The van der Waals surface area contributed by atoms with Gasteiger partial charge in [-0.2, -0.15) is 0 Å². The number of amides is 1. The standard InChI is InChI=1S/C15H19Cl3N4O9/c1-6(23)28-11-9(4-20-22-19)31-13(30-8(3)25)10(12(11)29-7(2)24)21-14(26)27-5-15(16,17)18/h9-13H,4-5H2,1-3H3,(H,21,26)/t9-,10-,11-,12-,13-/m1/s1. The van der Waals surface area contributed by atoms with Crippen LogP contribution in [0.3, 0.4) is 0 Å². The molecule has 1 aliphatic heterocycles. The highest BCUT2D eigenvalue weighted by molar-refractivity contribution is 6.67. The number of hydrogen-bond acceptors (Lipinski definition) is 10. The van der Waals surface area contributed by atoms with Crippen molar-refractivity contribution in [1.29, 1.82) is 0 Å². The normalized spacial score (nSPS) is 25.4. The van der Waals surface area contributed by atoms with Crippen LogP contribution in [0.5, 0.6) is 0 Å². The van der Waals surface area contributed by atoms with Crippen molar-refractivity contribution in [1.82, 2.24) is 5.32 Å². The highest BCUT2D eigenvalue weighted by Gasteiger charge is 2.52. The second-order valence-corrected chi connectivity index (χ2v) is 8.59. The summed E-state index contributed by atoms with van der Waals surface area (Å²) < 4.78 is 23.9. The molecule has 1 heterocycles. The Morgan fingerprint density at radius 1 is 1.03 bits per heavy atom. The highest BCUT2D eigenvalue weighted by atomic mass is 35.6. The topological polar surface area (TPSA) is 175 Å². The first-order chi connectivity index (χ1) is 14.3. The molecule has 0 aliphatic carbocycles. The third-order valence-corrected chi connectivity index (χ3v) is 3.84. The molecule has 5 atom stereocenters. The Labute approximate surface area is 191 Å². The molecule has 16 heteroatoms. The summed E-state index contributed by atoms with van der Waals surface area (Å²) in [5.74, 6) is -2.43. The fourth-order valence-corrected chi connectivity index (χ4v) is 2.74. The van der Waals surface area contributed by atoms with Crippen molar-refractivity contribution in [3.05, 3.63) is 10.4 Å². The van der Waals surface area contributed by atoms with E-state index in [1.54, 1.807) is 0 Å². The second kappa shape index (κ2) is 12.0. The third kappa shape index (κ3) is 9.66. The molecular formula is C15H19Cl3N4O9. The molecule has 1 amide bonds. The van der Waals surface area contributed by atoms with Gasteiger partial charge in [-0.05, 0) is 5.53 Å². The van der Waals surface area contributed by atoms with E-state index in [1.807, 2.05) is 0 Å². The van der Waals surface area contributed by atoms with Crippen LogP contribution in [0.15, 0.2) is 5.11 Å². The average molecular weight is 506 g/mol. The number of carbonyl (C=O) groups is 4. The van der Waals surface area contributed by atoms with Crippen LogP contribution < -0.4 is 5.32 Å². The molecule has 0 radical (unpaired) electrons. The summed E-state index contributed by atoms with van der Waals surface area (Å²) in [5, 5.41) is 5.62. The van der Waals surface area contributed by atoms with Gasteiger partial charge in [0.05, 0.1) is 6.54 Å². The maximum atomic E-state index is 12.2. The average Bonchev–Trinajstić information content (AvgIpc) is 2.61. The Morgan fingerprint density at radius 2 is 1.58 bits per heavy atom. The Kier molecular flexibility index (Phi) is 10.4. The van der Waals surface area contributed by atoms with Crippen molar-refractivity contribution in [2.45, 2.75) is 55.2 Å². The van der Waals surface area contributed by atoms with E-state index < -0.39 is 65.0 Å². The molecule has 1 fully saturated rings. The van der Waals surface area contributed by atoms with E-state index in [-0.39, 0.29) is 6.54 Å². The smallest absolute Gasteiger partial charge is 0.407 e. The van der Waals surface area contributed by atoms with Crippen LogP contribution in [-0.4, -0.2) is 71.6 Å². The van der Waals surface area contributed by atoms with Crippen molar-refractivity contribution in [3.8, 4) is 0 Å². The van der Waals surface area contributed by atoms with E-state index in [4.69, 9.17) is 64.0 Å². The number of hydrogen-bond donors (Lipinski definition) is 1. The largest absolute Gasteiger partial charge is 0.456 e. The first-order valence-corrected chi connectivity index (χ1v) is 9.65. The zero-order chi connectivity index (χ0) is 23.8. The monoisotopic (exact) mass is 504 g/mol. The van der Waals surface area contributed by atoms with Crippen LogP contribution in [0.2, 0.25) is 0 Å². The molecule has 0 unspecified atom stereocenters. The number of ether oxygens (including phenoxy) is 5. The summed E-state index contributed by atoms with van der Waals surface area (Å²) in [7, 11) is 0. The number of nitrogens with one attached hydrogen (secondary N) is 1. The Bertz CT molecular complexity index is 742. The lowest BCUT2D eigenvalue weighted by Crippen LogP contribution is -2.66. The van der Waals surface area contributed by atoms with Crippen molar-refractivity contribution in [2.75, 3.05) is 13.2 Å². The number of azide groups is 1. The molecule has 1 rings (SSSR count). The number of rotatable bonds is 7.